The molecule has 1 rings (SSSR count). The van der Waals surface area contributed by atoms with Crippen molar-refractivity contribution in [1.82, 2.24) is 0 Å². The van der Waals surface area contributed by atoms with E-state index in [0.717, 1.165) is 5.56 Å². The Labute approximate surface area is 74.1 Å². The molecule has 0 aliphatic heterocycles. The van der Waals surface area contributed by atoms with E-state index >= 15 is 0 Å². The Morgan fingerprint density at radius 2 is 2.00 bits per heavy atom. The second-order valence-electron chi connectivity index (χ2n) is 2.33. The minimum Gasteiger partial charge on any atom is -0.463 e. The number of ether oxygens (including phenoxy) is 1. The largest absolute Gasteiger partial charge is 0.463 e. The second kappa shape index (κ2) is 4.20. The fourth-order valence-corrected chi connectivity index (χ4v) is 0.844. The summed E-state index contributed by atoms with van der Waals surface area (Å²) in [5.74, 6) is 0. The predicted molar refractivity (Wildman–Crippen MR) is 43.9 cm³/mol. The van der Waals surface area contributed by atoms with Crippen LogP contribution in [0.15, 0.2) is 24.3 Å². The summed E-state index contributed by atoms with van der Waals surface area (Å²) in [6.07, 6.45) is 0. The van der Waals surface area contributed by atoms with Crippen LogP contribution in [0.3, 0.4) is 0 Å². The van der Waals surface area contributed by atoms with E-state index in [2.05, 4.69) is 4.74 Å². The van der Waals surface area contributed by atoms with Gasteiger partial charge in [-0.25, -0.2) is 0 Å². The molecule has 0 fully saturated rings. The van der Waals surface area contributed by atoms with Crippen LogP contribution in [-0.4, -0.2) is 11.4 Å². The van der Waals surface area contributed by atoms with Gasteiger partial charge < -0.3 is 4.74 Å². The molecule has 0 aliphatic rings. The van der Waals surface area contributed by atoms with Crippen molar-refractivity contribution in [2.75, 3.05) is 0 Å². The van der Waals surface area contributed by atoms with Crippen molar-refractivity contribution in [2.45, 2.75) is 6.61 Å². The van der Waals surface area contributed by atoms with Gasteiger partial charge in [0.05, 0.1) is 4.92 Å². The van der Waals surface area contributed by atoms with Crippen molar-refractivity contribution in [1.29, 1.82) is 0 Å². The number of nitro benzene ring substituents is 1. The Morgan fingerprint density at radius 3 is 2.46 bits per heavy atom. The number of hydrogen-bond donors (Lipinski definition) is 0. The standard InChI is InChI=1S/C8H7NO4/c10-6-13-5-7-1-3-8(4-2-7)9(11)12/h1-4,6H,5H2. The maximum absolute atomic E-state index is 10.2. The van der Waals surface area contributed by atoms with Gasteiger partial charge in [0.25, 0.3) is 12.2 Å². The Bertz CT molecular complexity index is 306. The summed E-state index contributed by atoms with van der Waals surface area (Å²) in [6.45, 7) is 0.475. The lowest BCUT2D eigenvalue weighted by atomic mass is 10.2. The lowest BCUT2D eigenvalue weighted by molar-refractivity contribution is -0.384. The second-order valence-corrected chi connectivity index (χ2v) is 2.33. The highest BCUT2D eigenvalue weighted by molar-refractivity contribution is 5.38. The van der Waals surface area contributed by atoms with Gasteiger partial charge in [0.2, 0.25) is 0 Å². The van der Waals surface area contributed by atoms with Crippen LogP contribution in [0, 0.1) is 10.1 Å². The summed E-state index contributed by atoms with van der Waals surface area (Å²) in [5, 5.41) is 10.2. The molecule has 5 nitrogen and oxygen atoms in total. The highest BCUT2D eigenvalue weighted by atomic mass is 16.6. The Hall–Kier alpha value is -1.91. The highest BCUT2D eigenvalue weighted by Gasteiger charge is 2.03. The van der Waals surface area contributed by atoms with Gasteiger partial charge in [-0.2, -0.15) is 0 Å². The number of rotatable bonds is 4. The summed E-state index contributed by atoms with van der Waals surface area (Å²) < 4.78 is 4.47. The molecule has 0 aliphatic carbocycles. The van der Waals surface area contributed by atoms with Gasteiger partial charge in [0.1, 0.15) is 6.61 Å². The zero-order valence-electron chi connectivity index (χ0n) is 6.67. The first-order valence-corrected chi connectivity index (χ1v) is 3.52. The minimum absolute atomic E-state index is 0.0230. The summed E-state index contributed by atoms with van der Waals surface area (Å²) in [7, 11) is 0. The van der Waals surface area contributed by atoms with Gasteiger partial charge in [0.15, 0.2) is 0 Å². The van der Waals surface area contributed by atoms with Crippen molar-refractivity contribution in [3.8, 4) is 0 Å². The fourth-order valence-electron chi connectivity index (χ4n) is 0.844. The molecule has 0 saturated carbocycles. The first kappa shape index (κ1) is 9.18. The SMILES string of the molecule is O=COCc1ccc([N+](=O)[O-])cc1. The van der Waals surface area contributed by atoms with Gasteiger partial charge in [-0.1, -0.05) is 0 Å². The van der Waals surface area contributed by atoms with Crippen LogP contribution in [-0.2, 0) is 16.1 Å². The summed E-state index contributed by atoms with van der Waals surface area (Å²) >= 11 is 0. The molecule has 5 heteroatoms. The van der Waals surface area contributed by atoms with Crippen molar-refractivity contribution in [2.24, 2.45) is 0 Å². The van der Waals surface area contributed by atoms with Gasteiger partial charge in [-0.15, -0.1) is 0 Å². The van der Waals surface area contributed by atoms with Crippen molar-refractivity contribution in [3.05, 3.63) is 39.9 Å². The van der Waals surface area contributed by atoms with E-state index in [9.17, 15) is 14.9 Å². The molecule has 13 heavy (non-hydrogen) atoms. The number of nitrogens with zero attached hydrogens (tertiary/aromatic N) is 1. The van der Waals surface area contributed by atoms with Crippen LogP contribution < -0.4 is 0 Å². The summed E-state index contributed by atoms with van der Waals surface area (Å²) in [5.41, 5.74) is 0.743. The third-order valence-corrected chi connectivity index (χ3v) is 1.47. The zero-order chi connectivity index (χ0) is 9.68. The van der Waals surface area contributed by atoms with Crippen molar-refractivity contribution >= 4 is 12.2 Å². The van der Waals surface area contributed by atoms with Crippen LogP contribution >= 0.6 is 0 Å². The van der Waals surface area contributed by atoms with E-state index in [-0.39, 0.29) is 12.3 Å². The Morgan fingerprint density at radius 1 is 1.38 bits per heavy atom. The van der Waals surface area contributed by atoms with Crippen LogP contribution in [0.5, 0.6) is 0 Å². The molecule has 0 aromatic heterocycles. The number of nitro groups is 1. The third-order valence-electron chi connectivity index (χ3n) is 1.47. The van der Waals surface area contributed by atoms with Crippen LogP contribution in [0.1, 0.15) is 5.56 Å². The molecule has 0 spiro atoms. The molecule has 0 saturated heterocycles. The monoisotopic (exact) mass is 181 g/mol. The molecule has 0 heterocycles. The van der Waals surface area contributed by atoms with Gasteiger partial charge >= 0.3 is 0 Å². The van der Waals surface area contributed by atoms with E-state index in [1.54, 1.807) is 12.1 Å². The maximum Gasteiger partial charge on any atom is 0.293 e. The molecule has 0 amide bonds. The molecule has 0 bridgehead atoms. The highest BCUT2D eigenvalue weighted by Crippen LogP contribution is 2.11. The lowest BCUT2D eigenvalue weighted by Gasteiger charge is -1.97. The number of hydrogen-bond acceptors (Lipinski definition) is 4. The van der Waals surface area contributed by atoms with E-state index in [0.29, 0.717) is 6.47 Å². The van der Waals surface area contributed by atoms with E-state index in [4.69, 9.17) is 0 Å². The number of non-ortho nitro benzene ring substituents is 1. The number of benzene rings is 1. The smallest absolute Gasteiger partial charge is 0.293 e. The average Bonchev–Trinajstić information content (AvgIpc) is 2.15. The first-order chi connectivity index (χ1) is 6.24. The maximum atomic E-state index is 10.2. The molecule has 0 N–H and O–H groups in total. The molecule has 0 radical (unpaired) electrons. The fraction of sp³-hybridized carbons (Fsp3) is 0.125. The molecule has 1 aromatic rings. The zero-order valence-corrected chi connectivity index (χ0v) is 6.67. The molecule has 1 aromatic carbocycles. The molecular weight excluding hydrogens is 174 g/mol. The number of carbonyl (C=O) groups is 1. The third kappa shape index (κ3) is 2.55. The Balaban J connectivity index is 2.69. The molecule has 0 unspecified atom stereocenters. The van der Waals surface area contributed by atoms with E-state index in [1.807, 2.05) is 0 Å². The average molecular weight is 181 g/mol. The summed E-state index contributed by atoms with van der Waals surface area (Å²) in [4.78, 5) is 19.6. The topological polar surface area (TPSA) is 69.4 Å². The van der Waals surface area contributed by atoms with Gasteiger partial charge in [-0.3, -0.25) is 14.9 Å². The van der Waals surface area contributed by atoms with E-state index < -0.39 is 4.92 Å². The van der Waals surface area contributed by atoms with Gasteiger partial charge in [-0.05, 0) is 17.7 Å². The minimum atomic E-state index is -0.482. The first-order valence-electron chi connectivity index (χ1n) is 3.52. The normalized spacial score (nSPS) is 9.23. The van der Waals surface area contributed by atoms with Crippen LogP contribution in [0.25, 0.3) is 0 Å². The number of carbonyl (C=O) groups excluding carboxylic acids is 1. The van der Waals surface area contributed by atoms with Gasteiger partial charge in [0, 0.05) is 12.1 Å². The van der Waals surface area contributed by atoms with Crippen molar-refractivity contribution < 1.29 is 14.5 Å². The molecular formula is C8H7NO4. The summed E-state index contributed by atoms with van der Waals surface area (Å²) in [6, 6.07) is 5.82. The van der Waals surface area contributed by atoms with E-state index in [1.165, 1.54) is 12.1 Å². The van der Waals surface area contributed by atoms with Crippen LogP contribution in [0.2, 0.25) is 0 Å². The molecule has 68 valence electrons. The predicted octanol–water partition coefficient (Wildman–Crippen LogP) is 1.27. The quantitative estimate of drug-likeness (QED) is 0.398. The van der Waals surface area contributed by atoms with Crippen molar-refractivity contribution in [3.63, 3.8) is 0 Å². The lowest BCUT2D eigenvalue weighted by Crippen LogP contribution is -1.91. The Kier molecular flexibility index (Phi) is 2.97. The molecule has 0 atom stereocenters. The van der Waals surface area contributed by atoms with Crippen LogP contribution in [0.4, 0.5) is 5.69 Å².